The molecule has 0 heterocycles. The first-order valence-electron chi connectivity index (χ1n) is 6.05. The van der Waals surface area contributed by atoms with E-state index < -0.39 is 0 Å². The molecule has 0 unspecified atom stereocenters. The molecular formula is C13H19NO5. The molecule has 0 radical (unpaired) electrons. The summed E-state index contributed by atoms with van der Waals surface area (Å²) in [5.74, 6) is 0.274. The molecule has 0 spiro atoms. The van der Waals surface area contributed by atoms with Crippen molar-refractivity contribution in [2.45, 2.75) is 6.42 Å². The molecule has 0 amide bonds. The van der Waals surface area contributed by atoms with Crippen molar-refractivity contribution in [1.29, 1.82) is 0 Å². The fourth-order valence-electron chi connectivity index (χ4n) is 1.31. The highest BCUT2D eigenvalue weighted by Gasteiger charge is 2.03. The maximum Gasteiger partial charge on any atom is 0.309 e. The lowest BCUT2D eigenvalue weighted by atomic mass is 10.3. The normalized spacial score (nSPS) is 10.2. The maximum atomic E-state index is 11.3. The van der Waals surface area contributed by atoms with Gasteiger partial charge in [-0.05, 0) is 12.1 Å². The van der Waals surface area contributed by atoms with Crippen LogP contribution in [0, 0.1) is 0 Å². The first-order chi connectivity index (χ1) is 9.22. The van der Waals surface area contributed by atoms with Crippen molar-refractivity contribution in [3.63, 3.8) is 0 Å². The van der Waals surface area contributed by atoms with E-state index in [0.29, 0.717) is 11.4 Å². The lowest BCUT2D eigenvalue weighted by Crippen LogP contribution is -2.14. The Morgan fingerprint density at radius 3 is 2.79 bits per heavy atom. The Morgan fingerprint density at radius 2 is 2.05 bits per heavy atom. The number of aliphatic hydroxyl groups is 1. The molecule has 19 heavy (non-hydrogen) atoms. The minimum Gasteiger partial charge on any atom is -0.493 e. The molecule has 1 aromatic rings. The zero-order valence-electron chi connectivity index (χ0n) is 10.7. The minimum atomic E-state index is -0.350. The number of benzene rings is 1. The summed E-state index contributed by atoms with van der Waals surface area (Å²) >= 11 is 0. The van der Waals surface area contributed by atoms with Gasteiger partial charge in [-0.1, -0.05) is 6.07 Å². The number of carbonyl (C=O) groups excluding carboxylic acids is 1. The second-order valence-electron chi connectivity index (χ2n) is 3.73. The van der Waals surface area contributed by atoms with Gasteiger partial charge in [0.1, 0.15) is 12.4 Å². The summed E-state index contributed by atoms with van der Waals surface area (Å²) in [6, 6.07) is 6.99. The van der Waals surface area contributed by atoms with E-state index in [1.165, 1.54) is 0 Å². The van der Waals surface area contributed by atoms with E-state index in [-0.39, 0.29) is 45.4 Å². The van der Waals surface area contributed by atoms with Gasteiger partial charge < -0.3 is 25.1 Å². The maximum absolute atomic E-state index is 11.3. The van der Waals surface area contributed by atoms with Crippen LogP contribution in [0.5, 0.6) is 5.75 Å². The second kappa shape index (κ2) is 9.18. The van der Waals surface area contributed by atoms with Gasteiger partial charge >= 0.3 is 5.97 Å². The van der Waals surface area contributed by atoms with Gasteiger partial charge in [0.15, 0.2) is 0 Å². The largest absolute Gasteiger partial charge is 0.493 e. The molecule has 0 bridgehead atoms. The van der Waals surface area contributed by atoms with Gasteiger partial charge in [-0.25, -0.2) is 0 Å². The third-order valence-electron chi connectivity index (χ3n) is 2.16. The van der Waals surface area contributed by atoms with Gasteiger partial charge in [-0.15, -0.1) is 0 Å². The molecule has 3 N–H and O–H groups in total. The summed E-state index contributed by atoms with van der Waals surface area (Å²) in [5, 5.41) is 8.46. The van der Waals surface area contributed by atoms with Crippen LogP contribution in [-0.4, -0.2) is 44.1 Å². The number of nitrogen functional groups attached to an aromatic ring is 1. The van der Waals surface area contributed by atoms with Gasteiger partial charge in [0.2, 0.25) is 0 Å². The van der Waals surface area contributed by atoms with Crippen molar-refractivity contribution in [2.75, 3.05) is 38.8 Å². The van der Waals surface area contributed by atoms with Crippen molar-refractivity contribution in [3.8, 4) is 5.75 Å². The Labute approximate surface area is 112 Å². The summed E-state index contributed by atoms with van der Waals surface area (Å²) < 4.78 is 15.2. The van der Waals surface area contributed by atoms with Gasteiger partial charge in [0.25, 0.3) is 0 Å². The average Bonchev–Trinajstić information content (AvgIpc) is 2.38. The molecule has 6 nitrogen and oxygen atoms in total. The van der Waals surface area contributed by atoms with E-state index in [1.54, 1.807) is 24.3 Å². The van der Waals surface area contributed by atoms with Gasteiger partial charge in [-0.3, -0.25) is 4.79 Å². The number of rotatable bonds is 9. The third-order valence-corrected chi connectivity index (χ3v) is 2.16. The number of hydrogen-bond donors (Lipinski definition) is 2. The van der Waals surface area contributed by atoms with Gasteiger partial charge in [-0.2, -0.15) is 0 Å². The molecule has 0 aliphatic rings. The van der Waals surface area contributed by atoms with Gasteiger partial charge in [0, 0.05) is 11.8 Å². The van der Waals surface area contributed by atoms with Crippen LogP contribution in [0.25, 0.3) is 0 Å². The van der Waals surface area contributed by atoms with E-state index in [4.69, 9.17) is 25.1 Å². The lowest BCUT2D eigenvalue weighted by molar-refractivity contribution is -0.145. The number of nitrogens with two attached hydrogens (primary N) is 1. The van der Waals surface area contributed by atoms with Crippen LogP contribution in [0.3, 0.4) is 0 Å². The number of ether oxygens (including phenoxy) is 3. The summed E-state index contributed by atoms with van der Waals surface area (Å²) in [7, 11) is 0. The van der Waals surface area contributed by atoms with Crippen molar-refractivity contribution in [3.05, 3.63) is 24.3 Å². The van der Waals surface area contributed by atoms with Crippen molar-refractivity contribution >= 4 is 11.7 Å². The van der Waals surface area contributed by atoms with Crippen LogP contribution in [0.4, 0.5) is 5.69 Å². The van der Waals surface area contributed by atoms with Crippen molar-refractivity contribution in [1.82, 2.24) is 0 Å². The first-order valence-corrected chi connectivity index (χ1v) is 6.05. The molecule has 0 aromatic heterocycles. The standard InChI is InChI=1S/C13H19NO5/c14-11-2-1-3-12(10-11)18-6-4-13(16)19-9-8-17-7-5-15/h1-3,10,15H,4-9,14H2. The quantitative estimate of drug-likeness (QED) is 0.387. The van der Waals surface area contributed by atoms with Crippen LogP contribution in [-0.2, 0) is 14.3 Å². The Morgan fingerprint density at radius 1 is 1.21 bits per heavy atom. The highest BCUT2D eigenvalue weighted by atomic mass is 16.6. The molecule has 0 fully saturated rings. The molecule has 0 saturated carbocycles. The second-order valence-corrected chi connectivity index (χ2v) is 3.73. The molecule has 1 aromatic carbocycles. The molecule has 0 aliphatic heterocycles. The average molecular weight is 269 g/mol. The summed E-state index contributed by atoms with van der Waals surface area (Å²) in [4.78, 5) is 11.3. The van der Waals surface area contributed by atoms with Crippen LogP contribution < -0.4 is 10.5 Å². The molecule has 106 valence electrons. The van der Waals surface area contributed by atoms with Crippen LogP contribution in [0.2, 0.25) is 0 Å². The number of hydrogen-bond acceptors (Lipinski definition) is 6. The van der Waals surface area contributed by atoms with E-state index in [0.717, 1.165) is 0 Å². The predicted molar refractivity (Wildman–Crippen MR) is 69.8 cm³/mol. The SMILES string of the molecule is Nc1cccc(OCCC(=O)OCCOCCO)c1. The topological polar surface area (TPSA) is 91.0 Å². The van der Waals surface area contributed by atoms with Crippen molar-refractivity contribution in [2.24, 2.45) is 0 Å². The summed E-state index contributed by atoms with van der Waals surface area (Å²) in [6.07, 6.45) is 0.162. The predicted octanol–water partition coefficient (Wildman–Crippen LogP) is 0.590. The van der Waals surface area contributed by atoms with E-state index >= 15 is 0 Å². The number of aliphatic hydroxyl groups excluding tert-OH is 1. The Balaban J connectivity index is 2.07. The molecule has 1 rings (SSSR count). The smallest absolute Gasteiger partial charge is 0.309 e. The van der Waals surface area contributed by atoms with E-state index in [9.17, 15) is 4.79 Å². The fourth-order valence-corrected chi connectivity index (χ4v) is 1.31. The molecular weight excluding hydrogens is 250 g/mol. The fraction of sp³-hybridized carbons (Fsp3) is 0.462. The third kappa shape index (κ3) is 7.28. The molecule has 0 aliphatic carbocycles. The monoisotopic (exact) mass is 269 g/mol. The summed E-state index contributed by atoms with van der Waals surface area (Å²) in [6.45, 7) is 0.900. The Kier molecular flexibility index (Phi) is 7.38. The van der Waals surface area contributed by atoms with E-state index in [2.05, 4.69) is 0 Å². The minimum absolute atomic E-state index is 0.0397. The summed E-state index contributed by atoms with van der Waals surface area (Å²) in [5.41, 5.74) is 6.20. The molecule has 0 atom stereocenters. The zero-order valence-corrected chi connectivity index (χ0v) is 10.7. The highest BCUT2D eigenvalue weighted by Crippen LogP contribution is 2.14. The number of esters is 1. The van der Waals surface area contributed by atoms with Crippen LogP contribution >= 0.6 is 0 Å². The molecule has 0 saturated heterocycles. The van der Waals surface area contributed by atoms with Gasteiger partial charge in [0.05, 0.1) is 32.8 Å². The number of carbonyl (C=O) groups is 1. The zero-order chi connectivity index (χ0) is 13.9. The number of anilines is 1. The lowest BCUT2D eigenvalue weighted by Gasteiger charge is -2.07. The Bertz CT molecular complexity index is 383. The first kappa shape index (κ1) is 15.3. The Hall–Kier alpha value is -1.79. The van der Waals surface area contributed by atoms with Crippen LogP contribution in [0.1, 0.15) is 6.42 Å². The molecule has 6 heteroatoms. The van der Waals surface area contributed by atoms with E-state index in [1.807, 2.05) is 0 Å². The van der Waals surface area contributed by atoms with Crippen molar-refractivity contribution < 1.29 is 24.1 Å². The highest BCUT2D eigenvalue weighted by molar-refractivity contribution is 5.69. The van der Waals surface area contributed by atoms with Crippen LogP contribution in [0.15, 0.2) is 24.3 Å².